The van der Waals surface area contributed by atoms with Gasteiger partial charge in [0.1, 0.15) is 19.8 Å². The van der Waals surface area contributed by atoms with Crippen LogP contribution in [0.2, 0.25) is 0 Å². The van der Waals surface area contributed by atoms with Crippen LogP contribution < -0.4 is 4.89 Å². The predicted octanol–water partition coefficient (Wildman–Crippen LogP) is 5.39. The molecule has 2 atom stereocenters. The molecule has 12 heteroatoms. The number of unbranched alkanes of at least 4 members (excludes halogenated alkanes) is 12. The summed E-state index contributed by atoms with van der Waals surface area (Å²) >= 11 is 0. The van der Waals surface area contributed by atoms with Crippen LogP contribution in [0.15, 0.2) is 0 Å². The van der Waals surface area contributed by atoms with Gasteiger partial charge in [0.15, 0.2) is 6.10 Å². The van der Waals surface area contributed by atoms with Gasteiger partial charge in [-0.15, -0.1) is 0 Å². The first-order valence-corrected chi connectivity index (χ1v) is 16.8. The average molecular weight is 610 g/mol. The summed E-state index contributed by atoms with van der Waals surface area (Å²) in [5.41, 5.74) is 0. The Balaban J connectivity index is 4.34. The summed E-state index contributed by atoms with van der Waals surface area (Å²) in [4.78, 5) is 47.1. The number of phosphoric acid groups is 1. The zero-order chi connectivity index (χ0) is 31.0. The third-order valence-electron chi connectivity index (χ3n) is 6.41. The van der Waals surface area contributed by atoms with Crippen molar-refractivity contribution in [3.63, 3.8) is 0 Å². The van der Waals surface area contributed by atoms with Crippen molar-refractivity contribution in [3.05, 3.63) is 0 Å². The highest BCUT2D eigenvalue weighted by Gasteiger charge is 2.21. The van der Waals surface area contributed by atoms with Crippen LogP contribution in [0, 0.1) is 0 Å². The van der Waals surface area contributed by atoms with Crippen molar-refractivity contribution in [1.82, 2.24) is 0 Å². The molecule has 0 aliphatic rings. The summed E-state index contributed by atoms with van der Waals surface area (Å²) < 4.78 is 32.8. The minimum atomic E-state index is -4.67. The van der Waals surface area contributed by atoms with E-state index >= 15 is 0 Å². The highest BCUT2D eigenvalue weighted by molar-refractivity contribution is 7.45. The minimum Gasteiger partial charge on any atom is -0.756 e. The van der Waals surface area contributed by atoms with Gasteiger partial charge >= 0.3 is 17.9 Å². The van der Waals surface area contributed by atoms with Crippen molar-refractivity contribution < 1.29 is 52.0 Å². The van der Waals surface area contributed by atoms with Gasteiger partial charge < -0.3 is 33.0 Å². The van der Waals surface area contributed by atoms with Gasteiger partial charge in [-0.05, 0) is 12.8 Å². The number of nitrogens with zero attached hydrogens (tertiary/aromatic N) is 1. The smallest absolute Gasteiger partial charge is 0.306 e. The molecule has 0 bridgehead atoms. The Hall–Kier alpha value is -1.52. The van der Waals surface area contributed by atoms with Gasteiger partial charge in [0.2, 0.25) is 0 Å². The lowest BCUT2D eigenvalue weighted by atomic mass is 10.0. The Morgan fingerprint density at radius 3 is 1.76 bits per heavy atom. The topological polar surface area (TPSA) is 148 Å². The zero-order valence-corrected chi connectivity index (χ0v) is 26.8. The second kappa shape index (κ2) is 24.0. The molecule has 242 valence electrons. The van der Waals surface area contributed by atoms with Gasteiger partial charge in [-0.25, -0.2) is 0 Å². The third kappa shape index (κ3) is 28.4. The molecule has 0 aliphatic heterocycles. The van der Waals surface area contributed by atoms with Gasteiger partial charge in [-0.2, -0.15) is 0 Å². The van der Waals surface area contributed by atoms with Crippen molar-refractivity contribution >= 4 is 25.7 Å². The number of aliphatic carboxylic acids is 1. The van der Waals surface area contributed by atoms with E-state index < -0.39 is 38.4 Å². The molecule has 0 aromatic heterocycles. The fourth-order valence-electron chi connectivity index (χ4n) is 3.93. The molecule has 0 fully saturated rings. The summed E-state index contributed by atoms with van der Waals surface area (Å²) in [6.45, 7) is 1.61. The first-order chi connectivity index (χ1) is 19.3. The van der Waals surface area contributed by atoms with Gasteiger partial charge in [0.25, 0.3) is 7.82 Å². The lowest BCUT2D eigenvalue weighted by molar-refractivity contribution is -0.870. The van der Waals surface area contributed by atoms with Gasteiger partial charge in [0, 0.05) is 19.3 Å². The van der Waals surface area contributed by atoms with E-state index in [1.54, 1.807) is 0 Å². The highest BCUT2D eigenvalue weighted by atomic mass is 31.2. The van der Waals surface area contributed by atoms with Crippen molar-refractivity contribution in [2.24, 2.45) is 0 Å². The maximum atomic E-state index is 12.2. The Morgan fingerprint density at radius 1 is 0.732 bits per heavy atom. The number of phosphoric ester groups is 1. The number of hydrogen-bond donors (Lipinski definition) is 1. The molecular weight excluding hydrogens is 553 g/mol. The molecule has 0 saturated carbocycles. The molecule has 0 radical (unpaired) electrons. The van der Waals surface area contributed by atoms with Crippen LogP contribution in [0.25, 0.3) is 0 Å². The number of carboxylic acid groups (broad SMARTS) is 1. The second-order valence-corrected chi connectivity index (χ2v) is 13.0. The second-order valence-electron chi connectivity index (χ2n) is 11.6. The van der Waals surface area contributed by atoms with Crippen LogP contribution in [0.3, 0.4) is 0 Å². The number of hydrogen-bond acceptors (Lipinski definition) is 9. The number of carbonyl (C=O) groups excluding carboxylic acids is 2. The maximum Gasteiger partial charge on any atom is 0.306 e. The Kier molecular flexibility index (Phi) is 23.1. The number of quaternary nitrogens is 1. The molecular formula is C29H56NO10P. The number of carboxylic acids is 1. The van der Waals surface area contributed by atoms with E-state index in [1.165, 1.54) is 57.8 Å². The fourth-order valence-corrected chi connectivity index (χ4v) is 4.66. The molecule has 0 saturated heterocycles. The molecule has 0 spiro atoms. The SMILES string of the molecule is CCCCCCCCCCCCCCCC(=O)OCC(COP(=O)([O-])OCC[N+](C)(C)C)OC(=O)CCCC(=O)O. The molecule has 2 unspecified atom stereocenters. The molecule has 0 aliphatic carbocycles. The van der Waals surface area contributed by atoms with Crippen LogP contribution in [0.4, 0.5) is 0 Å². The molecule has 0 amide bonds. The molecule has 0 heterocycles. The molecule has 1 N–H and O–H groups in total. The number of ether oxygens (including phenoxy) is 2. The largest absolute Gasteiger partial charge is 0.756 e. The predicted molar refractivity (Wildman–Crippen MR) is 155 cm³/mol. The molecule has 11 nitrogen and oxygen atoms in total. The first-order valence-electron chi connectivity index (χ1n) is 15.3. The Bertz CT molecular complexity index is 756. The van der Waals surface area contributed by atoms with Gasteiger partial charge in [-0.3, -0.25) is 18.9 Å². The maximum absolute atomic E-state index is 12.2. The molecule has 0 aromatic carbocycles. The summed E-state index contributed by atoms with van der Waals surface area (Å²) in [5, 5.41) is 8.73. The standard InChI is InChI=1S/C29H56NO10P/c1-5-6-7-8-9-10-11-12-13-14-15-16-17-20-28(33)37-24-26(40-29(34)21-18-19-27(31)32)25-39-41(35,36)38-23-22-30(2,3)4/h26H,5-25H2,1-4H3,(H-,31,32,35,36). The van der Waals surface area contributed by atoms with E-state index in [9.17, 15) is 23.8 Å². The van der Waals surface area contributed by atoms with E-state index in [0.29, 0.717) is 17.4 Å². The lowest BCUT2D eigenvalue weighted by Gasteiger charge is -2.28. The zero-order valence-electron chi connectivity index (χ0n) is 25.9. The van der Waals surface area contributed by atoms with Crippen molar-refractivity contribution in [1.29, 1.82) is 0 Å². The number of carbonyl (C=O) groups is 3. The highest BCUT2D eigenvalue weighted by Crippen LogP contribution is 2.38. The van der Waals surface area contributed by atoms with Crippen LogP contribution in [-0.4, -0.2) is 81.1 Å². The first kappa shape index (κ1) is 39.5. The van der Waals surface area contributed by atoms with Crippen molar-refractivity contribution in [2.75, 3.05) is 47.5 Å². The number of likely N-dealkylation sites (N-methyl/N-ethyl adjacent to an activating group) is 1. The monoisotopic (exact) mass is 609 g/mol. The molecule has 41 heavy (non-hydrogen) atoms. The average Bonchev–Trinajstić information content (AvgIpc) is 2.87. The van der Waals surface area contributed by atoms with E-state index in [0.717, 1.165) is 19.3 Å². The Labute approximate surface area is 247 Å². The molecule has 0 aromatic rings. The lowest BCUT2D eigenvalue weighted by Crippen LogP contribution is -2.37. The summed E-state index contributed by atoms with van der Waals surface area (Å²) in [5.74, 6) is -2.25. The van der Waals surface area contributed by atoms with Crippen molar-refractivity contribution in [3.8, 4) is 0 Å². The fraction of sp³-hybridized carbons (Fsp3) is 0.897. The minimum absolute atomic E-state index is 0.0643. The summed E-state index contributed by atoms with van der Waals surface area (Å²) in [7, 11) is 0.972. The molecule has 0 rings (SSSR count). The Morgan fingerprint density at radius 2 is 1.24 bits per heavy atom. The summed E-state index contributed by atoms with van der Waals surface area (Å²) in [6.07, 6.45) is 14.2. The third-order valence-corrected chi connectivity index (χ3v) is 7.38. The van der Waals surface area contributed by atoms with Crippen LogP contribution >= 0.6 is 7.82 Å². The van der Waals surface area contributed by atoms with Crippen LogP contribution in [0.5, 0.6) is 0 Å². The van der Waals surface area contributed by atoms with E-state index in [2.05, 4.69) is 6.92 Å². The number of esters is 2. The van der Waals surface area contributed by atoms with Gasteiger partial charge in [-0.1, -0.05) is 84.0 Å². The van der Waals surface area contributed by atoms with E-state index in [-0.39, 0.29) is 38.9 Å². The quantitative estimate of drug-likeness (QED) is 0.0530. The van der Waals surface area contributed by atoms with E-state index in [4.69, 9.17) is 23.6 Å². The normalized spacial score (nSPS) is 13.9. The number of rotatable bonds is 28. The van der Waals surface area contributed by atoms with Crippen LogP contribution in [0.1, 0.15) is 116 Å². The summed E-state index contributed by atoms with van der Waals surface area (Å²) in [6, 6.07) is 0. The van der Waals surface area contributed by atoms with Gasteiger partial charge in [0.05, 0.1) is 27.7 Å². The van der Waals surface area contributed by atoms with Crippen LogP contribution in [-0.2, 0) is 37.5 Å². The van der Waals surface area contributed by atoms with E-state index in [1.807, 2.05) is 21.1 Å². The van der Waals surface area contributed by atoms with Crippen molar-refractivity contribution in [2.45, 2.75) is 122 Å².